The highest BCUT2D eigenvalue weighted by Crippen LogP contribution is 1.94. The third-order valence-electron chi connectivity index (χ3n) is 2.36. The second-order valence-electron chi connectivity index (χ2n) is 5.25. The fraction of sp³-hybridized carbons (Fsp3) is 0.643. The molecule has 0 aromatic carbocycles. The van der Waals surface area contributed by atoms with Crippen LogP contribution in [0.3, 0.4) is 0 Å². The van der Waals surface area contributed by atoms with Crippen LogP contribution in [0, 0.1) is 0 Å². The first-order valence-electron chi connectivity index (χ1n) is 8.17. The summed E-state index contributed by atoms with van der Waals surface area (Å²) in [7, 11) is 0. The maximum absolute atomic E-state index is 10.2. The average molecular weight is 443 g/mol. The maximum atomic E-state index is 10.2. The van der Waals surface area contributed by atoms with Crippen LogP contribution < -0.4 is 34.4 Å². The molecule has 3 atom stereocenters. The molecule has 0 saturated heterocycles. The normalized spacial score (nSPS) is 11.9. The Hall–Kier alpha value is -3.05. The van der Waals surface area contributed by atoms with Crippen molar-refractivity contribution in [2.75, 3.05) is 19.7 Å². The van der Waals surface area contributed by atoms with Gasteiger partial charge in [-0.3, -0.25) is 24.2 Å². The molecule has 0 saturated carbocycles. The molecular formula is C14H33N7O9. The maximum Gasteiger partial charge on any atom is 0.322 e. The van der Waals surface area contributed by atoms with Gasteiger partial charge in [0.25, 0.3) is 0 Å². The number of hydrogen-bond donors (Lipinski definition) is 11. The first-order valence-corrected chi connectivity index (χ1v) is 8.17. The van der Waals surface area contributed by atoms with E-state index in [1.165, 1.54) is 6.92 Å². The highest BCUT2D eigenvalue weighted by Gasteiger charge is 2.09. The fourth-order valence-electron chi connectivity index (χ4n) is 0.721. The molecule has 0 aliphatic heterocycles. The highest BCUT2D eigenvalue weighted by molar-refractivity contribution is 5.75. The van der Waals surface area contributed by atoms with Crippen molar-refractivity contribution in [1.29, 1.82) is 0 Å². The van der Waals surface area contributed by atoms with Crippen LogP contribution in [-0.2, 0) is 19.2 Å². The molecule has 0 aliphatic rings. The van der Waals surface area contributed by atoms with Crippen molar-refractivity contribution in [3.8, 4) is 0 Å². The van der Waals surface area contributed by atoms with Gasteiger partial charge < -0.3 is 59.9 Å². The van der Waals surface area contributed by atoms with Crippen molar-refractivity contribution < 1.29 is 44.7 Å². The Labute approximate surface area is 172 Å². The number of aliphatic carboxylic acids is 4. The SMILES string of the molecule is CC(N)C(=O)O.NC(CO)C(=O)O.NC(N)=NCCCC(N)C(=O)O.NCC(=O)O. The summed E-state index contributed by atoms with van der Waals surface area (Å²) in [4.78, 5) is 42.4. The molecule has 30 heavy (non-hydrogen) atoms. The van der Waals surface area contributed by atoms with Crippen molar-refractivity contribution in [3.63, 3.8) is 0 Å². The minimum atomic E-state index is -1.18. The minimum absolute atomic E-state index is 0.0129. The van der Waals surface area contributed by atoms with E-state index in [2.05, 4.69) is 10.7 Å². The molecule has 0 radical (unpaired) electrons. The van der Waals surface area contributed by atoms with Gasteiger partial charge >= 0.3 is 23.9 Å². The van der Waals surface area contributed by atoms with Crippen molar-refractivity contribution in [1.82, 2.24) is 0 Å². The number of carbonyl (C=O) groups is 4. The standard InChI is InChI=1S/C6H14N4O2.C3H7NO3.C3H7NO2.C2H5NO2/c7-4(5(11)12)2-1-3-10-6(8)9;4-2(1-5)3(6)7;1-2(4)3(5)6;3-1-2(4)5/h4H,1-3,7H2,(H,11,12)(H4,8,9,10);2,5H,1,4H2,(H,6,7);2H,4H2,1H3,(H,5,6);1,3H2,(H,4,5). The molecule has 0 amide bonds. The number of guanidine groups is 1. The predicted molar refractivity (Wildman–Crippen MR) is 106 cm³/mol. The van der Waals surface area contributed by atoms with Crippen molar-refractivity contribution >= 4 is 29.8 Å². The predicted octanol–water partition coefficient (Wildman–Crippen LogP) is -4.71. The van der Waals surface area contributed by atoms with Crippen LogP contribution in [0.2, 0.25) is 0 Å². The molecule has 0 aromatic heterocycles. The van der Waals surface area contributed by atoms with Crippen LogP contribution in [-0.4, -0.2) is 93.2 Å². The van der Waals surface area contributed by atoms with Crippen LogP contribution in [0.1, 0.15) is 19.8 Å². The Morgan fingerprint density at radius 2 is 1.23 bits per heavy atom. The Morgan fingerprint density at radius 1 is 0.867 bits per heavy atom. The third-order valence-corrected chi connectivity index (χ3v) is 2.36. The summed E-state index contributed by atoms with van der Waals surface area (Å²) >= 11 is 0. The van der Waals surface area contributed by atoms with E-state index < -0.39 is 48.6 Å². The molecule has 0 bridgehead atoms. The Morgan fingerprint density at radius 3 is 1.40 bits per heavy atom. The van der Waals surface area contributed by atoms with Crippen LogP contribution in [0.5, 0.6) is 0 Å². The molecule has 0 rings (SSSR count). The molecular weight excluding hydrogens is 410 g/mol. The lowest BCUT2D eigenvalue weighted by atomic mass is 10.2. The van der Waals surface area contributed by atoms with Gasteiger partial charge in [-0.2, -0.15) is 0 Å². The van der Waals surface area contributed by atoms with E-state index in [0.717, 1.165) is 0 Å². The number of nitrogens with zero attached hydrogens (tertiary/aromatic N) is 1. The number of rotatable bonds is 9. The number of carboxylic acids is 4. The molecule has 16 heteroatoms. The number of aliphatic imine (C=N–C) groups is 1. The Kier molecular flexibility index (Phi) is 25.5. The van der Waals surface area contributed by atoms with Crippen LogP contribution in [0.15, 0.2) is 4.99 Å². The fourth-order valence-corrected chi connectivity index (χ4v) is 0.721. The van der Waals surface area contributed by atoms with Gasteiger partial charge in [-0.1, -0.05) is 0 Å². The van der Waals surface area contributed by atoms with Gasteiger partial charge in [-0.15, -0.1) is 0 Å². The second-order valence-corrected chi connectivity index (χ2v) is 5.25. The van der Waals surface area contributed by atoms with Gasteiger partial charge in [0, 0.05) is 6.54 Å². The minimum Gasteiger partial charge on any atom is -0.480 e. The van der Waals surface area contributed by atoms with E-state index in [4.69, 9.17) is 54.2 Å². The lowest BCUT2D eigenvalue weighted by Crippen LogP contribution is -2.33. The molecule has 178 valence electrons. The van der Waals surface area contributed by atoms with E-state index in [1.54, 1.807) is 0 Å². The van der Waals surface area contributed by atoms with Gasteiger partial charge in [0.2, 0.25) is 0 Å². The quantitative estimate of drug-likeness (QED) is 0.0904. The summed E-state index contributed by atoms with van der Waals surface area (Å²) in [5, 5.41) is 39.7. The number of aliphatic hydroxyl groups excluding tert-OH is 1. The van der Waals surface area contributed by atoms with Crippen molar-refractivity contribution in [2.24, 2.45) is 39.4 Å². The molecule has 0 spiro atoms. The molecule has 0 aromatic rings. The van der Waals surface area contributed by atoms with Gasteiger partial charge in [-0.05, 0) is 19.8 Å². The van der Waals surface area contributed by atoms with Gasteiger partial charge in [0.05, 0.1) is 13.2 Å². The van der Waals surface area contributed by atoms with Gasteiger partial charge in [0.1, 0.15) is 18.1 Å². The van der Waals surface area contributed by atoms with E-state index in [0.29, 0.717) is 19.4 Å². The zero-order valence-corrected chi connectivity index (χ0v) is 16.5. The summed E-state index contributed by atoms with van der Waals surface area (Å²) in [6.07, 6.45) is 0.956. The first kappa shape index (κ1) is 34.5. The van der Waals surface area contributed by atoms with Crippen LogP contribution in [0.25, 0.3) is 0 Å². The zero-order valence-electron chi connectivity index (χ0n) is 16.5. The first-order chi connectivity index (χ1) is 13.6. The molecule has 0 fully saturated rings. The molecule has 3 unspecified atom stereocenters. The molecule has 17 N–H and O–H groups in total. The zero-order chi connectivity index (χ0) is 24.9. The number of nitrogens with two attached hydrogens (primary N) is 6. The van der Waals surface area contributed by atoms with Crippen LogP contribution >= 0.6 is 0 Å². The van der Waals surface area contributed by atoms with E-state index in [-0.39, 0.29) is 12.5 Å². The molecule has 0 heterocycles. The smallest absolute Gasteiger partial charge is 0.322 e. The summed E-state index contributed by atoms with van der Waals surface area (Å²) in [5.41, 5.74) is 29.5. The average Bonchev–Trinajstić information content (AvgIpc) is 2.65. The third kappa shape index (κ3) is 36.0. The molecule has 0 aliphatic carbocycles. The lowest BCUT2D eigenvalue weighted by molar-refractivity contribution is -0.140. The number of aliphatic hydroxyl groups is 1. The topological polar surface area (TPSA) is 338 Å². The number of hydrogen-bond acceptors (Lipinski definition) is 10. The van der Waals surface area contributed by atoms with Gasteiger partial charge in [-0.25, -0.2) is 0 Å². The Balaban J connectivity index is -0.000000161. The van der Waals surface area contributed by atoms with Crippen molar-refractivity contribution in [2.45, 2.75) is 37.9 Å². The van der Waals surface area contributed by atoms with Crippen molar-refractivity contribution in [3.05, 3.63) is 0 Å². The van der Waals surface area contributed by atoms with E-state index in [9.17, 15) is 19.2 Å². The van der Waals surface area contributed by atoms with E-state index in [1.807, 2.05) is 0 Å². The van der Waals surface area contributed by atoms with Crippen LogP contribution in [0.4, 0.5) is 0 Å². The Bertz CT molecular complexity index is 526. The lowest BCUT2D eigenvalue weighted by Gasteiger charge is -2.03. The largest absolute Gasteiger partial charge is 0.480 e. The summed E-state index contributed by atoms with van der Waals surface area (Å²) in [5.74, 6) is -4.10. The molecule has 16 nitrogen and oxygen atoms in total. The van der Waals surface area contributed by atoms with Gasteiger partial charge in [0.15, 0.2) is 5.96 Å². The van der Waals surface area contributed by atoms with E-state index >= 15 is 0 Å². The summed E-state index contributed by atoms with van der Waals surface area (Å²) in [6, 6.07) is -2.68. The summed E-state index contributed by atoms with van der Waals surface area (Å²) in [6.45, 7) is 1.06. The number of carboxylic acid groups (broad SMARTS) is 4. The monoisotopic (exact) mass is 443 g/mol. The highest BCUT2D eigenvalue weighted by atomic mass is 16.4. The summed E-state index contributed by atoms with van der Waals surface area (Å²) < 4.78 is 0. The second kappa shape index (κ2) is 22.2.